The van der Waals surface area contributed by atoms with E-state index in [2.05, 4.69) is 21.8 Å². The van der Waals surface area contributed by atoms with Crippen LogP contribution in [0.2, 0.25) is 0 Å². The lowest BCUT2D eigenvalue weighted by Crippen LogP contribution is -2.50. The Morgan fingerprint density at radius 2 is 1.68 bits per heavy atom. The summed E-state index contributed by atoms with van der Waals surface area (Å²) in [7, 11) is 0. The fraction of sp³-hybridized carbons (Fsp3) is 0.667. The van der Waals surface area contributed by atoms with E-state index in [4.69, 9.17) is 0 Å². The Morgan fingerprint density at radius 3 is 2.28 bits per heavy atom. The van der Waals surface area contributed by atoms with Crippen LogP contribution in [0.15, 0.2) is 12.4 Å². The van der Waals surface area contributed by atoms with Crippen LogP contribution in [0.1, 0.15) is 49.9 Å². The van der Waals surface area contributed by atoms with Gasteiger partial charge in [0.15, 0.2) is 0 Å². The number of amides is 2. The molecule has 0 bridgehead atoms. The number of carbonyl (C=O) groups excluding carboxylic acids is 2. The highest BCUT2D eigenvalue weighted by Crippen LogP contribution is 2.23. The number of rotatable bonds is 3. The van der Waals surface area contributed by atoms with Gasteiger partial charge in [-0.2, -0.15) is 0 Å². The first-order valence-corrected chi connectivity index (χ1v) is 9.23. The summed E-state index contributed by atoms with van der Waals surface area (Å²) in [6.07, 6.45) is 7.98. The summed E-state index contributed by atoms with van der Waals surface area (Å²) in [4.78, 5) is 38.7. The van der Waals surface area contributed by atoms with Crippen LogP contribution in [0.4, 0.5) is 5.95 Å². The fourth-order valence-corrected chi connectivity index (χ4v) is 3.68. The van der Waals surface area contributed by atoms with Crippen LogP contribution >= 0.6 is 0 Å². The molecule has 7 nitrogen and oxygen atoms in total. The molecule has 0 aliphatic carbocycles. The fourth-order valence-electron chi connectivity index (χ4n) is 3.68. The Bertz CT molecular complexity index is 610. The number of piperidine rings is 1. The summed E-state index contributed by atoms with van der Waals surface area (Å²) < 4.78 is 0. The lowest BCUT2D eigenvalue weighted by molar-refractivity contribution is -0.130. The van der Waals surface area contributed by atoms with Crippen molar-refractivity contribution in [3.05, 3.63) is 18.0 Å². The third-order valence-electron chi connectivity index (χ3n) is 5.25. The molecule has 3 rings (SSSR count). The molecule has 2 saturated heterocycles. The summed E-state index contributed by atoms with van der Waals surface area (Å²) in [5.41, 5.74) is 0.519. The van der Waals surface area contributed by atoms with Crippen LogP contribution in [0.5, 0.6) is 0 Å². The smallest absolute Gasteiger partial charge is 0.257 e. The summed E-state index contributed by atoms with van der Waals surface area (Å²) in [6.45, 7) is 7.04. The van der Waals surface area contributed by atoms with Crippen molar-refractivity contribution in [1.29, 1.82) is 0 Å². The van der Waals surface area contributed by atoms with Gasteiger partial charge in [-0.15, -0.1) is 0 Å². The summed E-state index contributed by atoms with van der Waals surface area (Å²) in [6, 6.07) is 0.495. The zero-order valence-electron chi connectivity index (χ0n) is 15.1. The molecule has 0 aromatic carbocycles. The van der Waals surface area contributed by atoms with E-state index in [-0.39, 0.29) is 11.8 Å². The lowest BCUT2D eigenvalue weighted by atomic mass is 10.0. The number of hydrogen-bond donors (Lipinski definition) is 0. The normalized spacial score (nSPS) is 21.4. The highest BCUT2D eigenvalue weighted by atomic mass is 16.2. The number of aromatic nitrogens is 2. The monoisotopic (exact) mass is 345 g/mol. The number of carbonyl (C=O) groups is 2. The van der Waals surface area contributed by atoms with E-state index in [0.29, 0.717) is 37.8 Å². The van der Waals surface area contributed by atoms with E-state index >= 15 is 0 Å². The van der Waals surface area contributed by atoms with Crippen LogP contribution in [0, 0.1) is 0 Å². The molecule has 0 N–H and O–H groups in total. The summed E-state index contributed by atoms with van der Waals surface area (Å²) in [5, 5.41) is 0. The number of anilines is 1. The maximum Gasteiger partial charge on any atom is 0.257 e. The van der Waals surface area contributed by atoms with Gasteiger partial charge in [0.25, 0.3) is 5.91 Å². The molecule has 1 aromatic heterocycles. The van der Waals surface area contributed by atoms with E-state index in [1.165, 1.54) is 19.3 Å². The minimum absolute atomic E-state index is 0.0552. The first-order valence-electron chi connectivity index (χ1n) is 9.23. The predicted molar refractivity (Wildman–Crippen MR) is 95.5 cm³/mol. The zero-order valence-corrected chi connectivity index (χ0v) is 15.1. The topological polar surface area (TPSA) is 69.6 Å². The lowest BCUT2D eigenvalue weighted by Gasteiger charge is -2.35. The van der Waals surface area contributed by atoms with Crippen molar-refractivity contribution in [2.45, 2.75) is 45.6 Å². The van der Waals surface area contributed by atoms with E-state index in [9.17, 15) is 9.59 Å². The van der Waals surface area contributed by atoms with Gasteiger partial charge in [-0.05, 0) is 25.7 Å². The van der Waals surface area contributed by atoms with E-state index in [0.717, 1.165) is 18.9 Å². The maximum atomic E-state index is 12.6. The molecule has 1 atom stereocenters. The van der Waals surface area contributed by atoms with Crippen molar-refractivity contribution < 1.29 is 9.59 Å². The highest BCUT2D eigenvalue weighted by Gasteiger charge is 2.25. The molecule has 3 heterocycles. The van der Waals surface area contributed by atoms with E-state index in [1.807, 2.05) is 0 Å². The average Bonchev–Trinajstić information content (AvgIpc) is 2.67. The molecule has 0 radical (unpaired) electrons. The number of hydrogen-bond acceptors (Lipinski definition) is 5. The molecule has 2 aliphatic heterocycles. The quantitative estimate of drug-likeness (QED) is 0.831. The molecule has 0 spiro atoms. The van der Waals surface area contributed by atoms with Crippen LogP contribution in [0.25, 0.3) is 0 Å². The van der Waals surface area contributed by atoms with E-state index in [1.54, 1.807) is 29.1 Å². The maximum absolute atomic E-state index is 12.6. The Labute approximate surface area is 149 Å². The molecule has 0 saturated carbocycles. The van der Waals surface area contributed by atoms with Crippen LogP contribution in [-0.2, 0) is 4.79 Å². The first kappa shape index (κ1) is 17.6. The Morgan fingerprint density at radius 1 is 1.04 bits per heavy atom. The standard InChI is InChI=1S/C18H27N5O2/c1-3-16-6-4-5-7-23(16)18-19-12-15(13-20-18)17(25)22-10-8-21(9-11-22)14(2)24/h12-13,16H,3-11H2,1-2H3. The van der Waals surface area contributed by atoms with Crippen molar-refractivity contribution in [1.82, 2.24) is 19.8 Å². The Kier molecular flexibility index (Phi) is 5.50. The molecular formula is C18H27N5O2. The van der Waals surface area contributed by atoms with Gasteiger partial charge < -0.3 is 14.7 Å². The molecule has 136 valence electrons. The summed E-state index contributed by atoms with van der Waals surface area (Å²) in [5.74, 6) is 0.733. The zero-order chi connectivity index (χ0) is 17.8. The molecule has 1 unspecified atom stereocenters. The minimum atomic E-state index is -0.0552. The molecule has 2 aliphatic rings. The van der Waals surface area contributed by atoms with Gasteiger partial charge in [0.1, 0.15) is 0 Å². The Hall–Kier alpha value is -2.18. The largest absolute Gasteiger partial charge is 0.339 e. The predicted octanol–water partition coefficient (Wildman–Crippen LogP) is 1.55. The van der Waals surface area contributed by atoms with Gasteiger partial charge in [-0.1, -0.05) is 6.92 Å². The molecule has 1 aromatic rings. The summed E-state index contributed by atoms with van der Waals surface area (Å²) >= 11 is 0. The van der Waals surface area contributed by atoms with Crippen LogP contribution in [-0.4, -0.2) is 70.3 Å². The highest BCUT2D eigenvalue weighted by molar-refractivity contribution is 5.93. The van der Waals surface area contributed by atoms with Gasteiger partial charge in [0.2, 0.25) is 11.9 Å². The van der Waals surface area contributed by atoms with Crippen molar-refractivity contribution in [3.63, 3.8) is 0 Å². The molecule has 2 fully saturated rings. The first-order chi connectivity index (χ1) is 12.1. The average molecular weight is 345 g/mol. The van der Waals surface area contributed by atoms with Gasteiger partial charge in [-0.25, -0.2) is 9.97 Å². The second kappa shape index (κ2) is 7.80. The van der Waals surface area contributed by atoms with Crippen LogP contribution < -0.4 is 4.90 Å². The minimum Gasteiger partial charge on any atom is -0.339 e. The van der Waals surface area contributed by atoms with Crippen LogP contribution in [0.3, 0.4) is 0 Å². The van der Waals surface area contributed by atoms with Gasteiger partial charge in [-0.3, -0.25) is 9.59 Å². The van der Waals surface area contributed by atoms with Gasteiger partial charge in [0, 0.05) is 58.1 Å². The second-order valence-corrected chi connectivity index (χ2v) is 6.82. The second-order valence-electron chi connectivity index (χ2n) is 6.82. The van der Waals surface area contributed by atoms with Crippen molar-refractivity contribution in [2.75, 3.05) is 37.6 Å². The van der Waals surface area contributed by atoms with Crippen molar-refractivity contribution in [3.8, 4) is 0 Å². The SMILES string of the molecule is CCC1CCCCN1c1ncc(C(=O)N2CCN(C(C)=O)CC2)cn1. The van der Waals surface area contributed by atoms with Crippen molar-refractivity contribution in [2.24, 2.45) is 0 Å². The van der Waals surface area contributed by atoms with Gasteiger partial charge in [0.05, 0.1) is 5.56 Å². The van der Waals surface area contributed by atoms with Gasteiger partial charge >= 0.3 is 0 Å². The Balaban J connectivity index is 1.64. The van der Waals surface area contributed by atoms with Crippen molar-refractivity contribution >= 4 is 17.8 Å². The number of piperazine rings is 1. The number of nitrogens with zero attached hydrogens (tertiary/aromatic N) is 5. The molecule has 25 heavy (non-hydrogen) atoms. The molecule has 2 amide bonds. The third-order valence-corrected chi connectivity index (χ3v) is 5.25. The third kappa shape index (κ3) is 3.91. The van der Waals surface area contributed by atoms with E-state index < -0.39 is 0 Å². The molecular weight excluding hydrogens is 318 g/mol. The molecule has 7 heteroatoms.